The van der Waals surface area contributed by atoms with Crippen LogP contribution in [0.3, 0.4) is 0 Å². The largest absolute Gasteiger partial charge is 0.496 e. The highest BCUT2D eigenvalue weighted by molar-refractivity contribution is 5.54. The van der Waals surface area contributed by atoms with Crippen LogP contribution in [0.5, 0.6) is 17.2 Å². The maximum Gasteiger partial charge on any atom is 0.168 e. The van der Waals surface area contributed by atoms with Gasteiger partial charge in [0.1, 0.15) is 19.0 Å². The van der Waals surface area contributed by atoms with E-state index in [2.05, 4.69) is 0 Å². The predicted molar refractivity (Wildman–Crippen MR) is 66.0 cm³/mol. The van der Waals surface area contributed by atoms with E-state index >= 15 is 0 Å². The Morgan fingerprint density at radius 2 is 2.06 bits per heavy atom. The van der Waals surface area contributed by atoms with Crippen LogP contribution in [0.2, 0.25) is 0 Å². The summed E-state index contributed by atoms with van der Waals surface area (Å²) in [6.45, 7) is 1.93. The van der Waals surface area contributed by atoms with Gasteiger partial charge >= 0.3 is 0 Å². The number of nitrogens with two attached hydrogens (primary N) is 1. The lowest BCUT2D eigenvalue weighted by atomic mass is 10.0. The Labute approximate surface area is 102 Å². The monoisotopic (exact) mass is 237 g/mol. The van der Waals surface area contributed by atoms with Crippen molar-refractivity contribution < 1.29 is 14.2 Å². The van der Waals surface area contributed by atoms with Gasteiger partial charge < -0.3 is 19.9 Å². The van der Waals surface area contributed by atoms with Gasteiger partial charge in [-0.3, -0.25) is 0 Å². The summed E-state index contributed by atoms with van der Waals surface area (Å²) in [5, 5.41) is 0. The number of rotatable bonds is 5. The summed E-state index contributed by atoms with van der Waals surface area (Å²) in [5.41, 5.74) is 6.61. The molecule has 1 heterocycles. The number of ether oxygens (including phenoxy) is 3. The Hall–Kier alpha value is -1.42. The molecule has 1 aliphatic rings. The third kappa shape index (κ3) is 2.64. The van der Waals surface area contributed by atoms with Gasteiger partial charge in [0, 0.05) is 5.56 Å². The fourth-order valence-electron chi connectivity index (χ4n) is 2.03. The summed E-state index contributed by atoms with van der Waals surface area (Å²) in [4.78, 5) is 0. The zero-order valence-corrected chi connectivity index (χ0v) is 10.2. The lowest BCUT2D eigenvalue weighted by Crippen LogP contribution is -2.17. The molecule has 1 aliphatic heterocycles. The minimum Gasteiger partial charge on any atom is -0.496 e. The first-order valence-corrected chi connectivity index (χ1v) is 6.02. The summed E-state index contributed by atoms with van der Waals surface area (Å²) in [7, 11) is 1.68. The first-order valence-electron chi connectivity index (χ1n) is 6.02. The lowest BCUT2D eigenvalue weighted by Gasteiger charge is -2.22. The summed E-state index contributed by atoms with van der Waals surface area (Å²) in [6.07, 6.45) is 2.95. The molecule has 0 spiro atoms. The van der Waals surface area contributed by atoms with Crippen LogP contribution in [0.4, 0.5) is 0 Å². The number of hydrogen-bond donors (Lipinski definition) is 1. The van der Waals surface area contributed by atoms with Crippen molar-refractivity contribution in [3.05, 3.63) is 17.7 Å². The summed E-state index contributed by atoms with van der Waals surface area (Å²) in [6, 6.07) is 3.84. The van der Waals surface area contributed by atoms with E-state index in [9.17, 15) is 0 Å². The Bertz CT molecular complexity index is 379. The molecule has 4 heteroatoms. The molecule has 0 saturated carbocycles. The molecule has 1 aromatic rings. The van der Waals surface area contributed by atoms with E-state index in [0.29, 0.717) is 19.8 Å². The molecule has 1 aromatic carbocycles. The van der Waals surface area contributed by atoms with Gasteiger partial charge in [0.25, 0.3) is 0 Å². The molecule has 0 unspecified atom stereocenters. The molecular weight excluding hydrogens is 218 g/mol. The van der Waals surface area contributed by atoms with Crippen LogP contribution in [0, 0.1) is 0 Å². The predicted octanol–water partition coefficient (Wildman–Crippen LogP) is 1.75. The van der Waals surface area contributed by atoms with E-state index in [0.717, 1.165) is 42.1 Å². The molecule has 0 fully saturated rings. The van der Waals surface area contributed by atoms with Crippen molar-refractivity contribution in [1.82, 2.24) is 0 Å². The van der Waals surface area contributed by atoms with Gasteiger partial charge in [-0.15, -0.1) is 0 Å². The highest BCUT2D eigenvalue weighted by atomic mass is 16.6. The maximum atomic E-state index is 5.69. The molecular formula is C13H19NO3. The van der Waals surface area contributed by atoms with Crippen molar-refractivity contribution in [2.45, 2.75) is 19.3 Å². The van der Waals surface area contributed by atoms with E-state index in [-0.39, 0.29) is 0 Å². The van der Waals surface area contributed by atoms with E-state index < -0.39 is 0 Å². The minimum absolute atomic E-state index is 0.601. The fourth-order valence-corrected chi connectivity index (χ4v) is 2.03. The molecule has 4 nitrogen and oxygen atoms in total. The Morgan fingerprint density at radius 1 is 1.24 bits per heavy atom. The van der Waals surface area contributed by atoms with Crippen molar-refractivity contribution in [1.29, 1.82) is 0 Å². The van der Waals surface area contributed by atoms with Crippen LogP contribution < -0.4 is 19.9 Å². The SMILES string of the molecule is COc1ccc2c(c1CCCCN)OCCO2. The number of fused-ring (bicyclic) bond motifs is 1. The van der Waals surface area contributed by atoms with Gasteiger partial charge in [-0.25, -0.2) is 0 Å². The van der Waals surface area contributed by atoms with Crippen LogP contribution in [0.1, 0.15) is 18.4 Å². The number of methoxy groups -OCH3 is 1. The molecule has 2 rings (SSSR count). The van der Waals surface area contributed by atoms with Gasteiger partial charge in [-0.2, -0.15) is 0 Å². The molecule has 0 radical (unpaired) electrons. The number of hydrogen-bond acceptors (Lipinski definition) is 4. The highest BCUT2D eigenvalue weighted by Crippen LogP contribution is 2.40. The van der Waals surface area contributed by atoms with Gasteiger partial charge in [0.05, 0.1) is 7.11 Å². The van der Waals surface area contributed by atoms with Crippen LogP contribution in [0.15, 0.2) is 12.1 Å². The van der Waals surface area contributed by atoms with Gasteiger partial charge in [-0.1, -0.05) is 0 Å². The van der Waals surface area contributed by atoms with Crippen LogP contribution in [-0.2, 0) is 6.42 Å². The second-order valence-corrected chi connectivity index (χ2v) is 4.02. The first kappa shape index (κ1) is 12.0. The summed E-state index contributed by atoms with van der Waals surface area (Å²) < 4.78 is 16.6. The summed E-state index contributed by atoms with van der Waals surface area (Å²) >= 11 is 0. The molecule has 2 N–H and O–H groups in total. The van der Waals surface area contributed by atoms with Crippen molar-refractivity contribution in [2.75, 3.05) is 26.9 Å². The molecule has 0 atom stereocenters. The molecule has 0 amide bonds. The molecule has 94 valence electrons. The normalized spacial score (nSPS) is 13.5. The molecule has 0 aliphatic carbocycles. The van der Waals surface area contributed by atoms with Crippen LogP contribution in [0.25, 0.3) is 0 Å². The van der Waals surface area contributed by atoms with E-state index in [1.165, 1.54) is 0 Å². The second kappa shape index (κ2) is 5.77. The van der Waals surface area contributed by atoms with Gasteiger partial charge in [-0.05, 0) is 37.9 Å². The minimum atomic E-state index is 0.601. The third-order valence-electron chi connectivity index (χ3n) is 2.87. The lowest BCUT2D eigenvalue weighted by molar-refractivity contribution is 0.169. The highest BCUT2D eigenvalue weighted by Gasteiger charge is 2.19. The maximum absolute atomic E-state index is 5.69. The molecule has 0 saturated heterocycles. The smallest absolute Gasteiger partial charge is 0.168 e. The average molecular weight is 237 g/mol. The van der Waals surface area contributed by atoms with Crippen LogP contribution >= 0.6 is 0 Å². The molecule has 0 aromatic heterocycles. The van der Waals surface area contributed by atoms with Crippen molar-refractivity contribution in [3.8, 4) is 17.2 Å². The van der Waals surface area contributed by atoms with E-state index in [1.54, 1.807) is 7.11 Å². The Morgan fingerprint density at radius 3 is 2.82 bits per heavy atom. The fraction of sp³-hybridized carbons (Fsp3) is 0.538. The standard InChI is InChI=1S/C13H19NO3/c1-15-11-5-6-12-13(17-9-8-16-12)10(11)4-2-3-7-14/h5-6H,2-4,7-9,14H2,1H3. The second-order valence-electron chi connectivity index (χ2n) is 4.02. The Kier molecular flexibility index (Phi) is 4.09. The topological polar surface area (TPSA) is 53.7 Å². The molecule has 0 bridgehead atoms. The first-order chi connectivity index (χ1) is 8.36. The Balaban J connectivity index is 2.24. The summed E-state index contributed by atoms with van der Waals surface area (Å²) in [5.74, 6) is 2.53. The van der Waals surface area contributed by atoms with E-state index in [1.807, 2.05) is 12.1 Å². The zero-order chi connectivity index (χ0) is 12.1. The van der Waals surface area contributed by atoms with Crippen molar-refractivity contribution >= 4 is 0 Å². The molecule has 17 heavy (non-hydrogen) atoms. The number of benzene rings is 1. The average Bonchev–Trinajstić information content (AvgIpc) is 2.39. The van der Waals surface area contributed by atoms with E-state index in [4.69, 9.17) is 19.9 Å². The van der Waals surface area contributed by atoms with Crippen molar-refractivity contribution in [3.63, 3.8) is 0 Å². The van der Waals surface area contributed by atoms with Gasteiger partial charge in [0.15, 0.2) is 11.5 Å². The van der Waals surface area contributed by atoms with Gasteiger partial charge in [0.2, 0.25) is 0 Å². The van der Waals surface area contributed by atoms with Crippen LogP contribution in [-0.4, -0.2) is 26.9 Å². The number of unbranched alkanes of at least 4 members (excludes halogenated alkanes) is 1. The third-order valence-corrected chi connectivity index (χ3v) is 2.87. The zero-order valence-electron chi connectivity index (χ0n) is 10.2. The quantitative estimate of drug-likeness (QED) is 0.793. The van der Waals surface area contributed by atoms with Crippen molar-refractivity contribution in [2.24, 2.45) is 5.73 Å².